The number of carbonyl (C=O) groups excluding carboxylic acids is 2. The molecule has 0 aliphatic heterocycles. The molecule has 2 aromatic rings. The van der Waals surface area contributed by atoms with Gasteiger partial charge in [0.15, 0.2) is 6.61 Å². The second kappa shape index (κ2) is 9.42. The van der Waals surface area contributed by atoms with E-state index < -0.39 is 11.9 Å². The fraction of sp³-hybridized carbons (Fsp3) is 0.263. The Kier molecular flexibility index (Phi) is 6.95. The lowest BCUT2D eigenvalue weighted by Gasteiger charge is -2.08. The number of rotatable bonds is 8. The van der Waals surface area contributed by atoms with Gasteiger partial charge in [-0.2, -0.15) is 0 Å². The SMILES string of the molecule is CCCOc1ccc(C(=O)OCC(=O)NCc2ccc(F)cc2)cc1. The number of nitrogens with one attached hydrogen (secondary N) is 1. The summed E-state index contributed by atoms with van der Waals surface area (Å²) < 4.78 is 23.2. The van der Waals surface area contributed by atoms with Gasteiger partial charge in [-0.05, 0) is 48.4 Å². The Bertz CT molecular complexity index is 698. The van der Waals surface area contributed by atoms with Crippen molar-refractivity contribution in [3.63, 3.8) is 0 Å². The Morgan fingerprint density at radius 2 is 1.72 bits per heavy atom. The number of amides is 1. The van der Waals surface area contributed by atoms with Crippen LogP contribution >= 0.6 is 0 Å². The summed E-state index contributed by atoms with van der Waals surface area (Å²) in [5.74, 6) is -0.676. The second-order valence-corrected chi connectivity index (χ2v) is 5.35. The fourth-order valence-electron chi connectivity index (χ4n) is 1.98. The van der Waals surface area contributed by atoms with Gasteiger partial charge < -0.3 is 14.8 Å². The van der Waals surface area contributed by atoms with E-state index in [1.807, 2.05) is 6.92 Å². The third-order valence-electron chi connectivity index (χ3n) is 3.30. The van der Waals surface area contributed by atoms with Crippen LogP contribution in [-0.4, -0.2) is 25.1 Å². The molecule has 132 valence electrons. The summed E-state index contributed by atoms with van der Waals surface area (Å²) in [4.78, 5) is 23.6. The smallest absolute Gasteiger partial charge is 0.338 e. The Hall–Kier alpha value is -2.89. The molecule has 0 aliphatic carbocycles. The van der Waals surface area contributed by atoms with E-state index in [0.717, 1.165) is 12.0 Å². The summed E-state index contributed by atoms with van der Waals surface area (Å²) in [6.07, 6.45) is 0.900. The molecule has 1 N–H and O–H groups in total. The molecule has 0 unspecified atom stereocenters. The van der Waals surface area contributed by atoms with Crippen molar-refractivity contribution in [2.75, 3.05) is 13.2 Å². The predicted octanol–water partition coefficient (Wildman–Crippen LogP) is 3.09. The van der Waals surface area contributed by atoms with E-state index in [2.05, 4.69) is 5.32 Å². The number of halogens is 1. The first kappa shape index (κ1) is 18.4. The molecular weight excluding hydrogens is 325 g/mol. The molecule has 2 aromatic carbocycles. The Labute approximate surface area is 145 Å². The summed E-state index contributed by atoms with van der Waals surface area (Å²) in [5.41, 5.74) is 1.10. The number of hydrogen-bond donors (Lipinski definition) is 1. The van der Waals surface area contributed by atoms with Gasteiger partial charge in [-0.15, -0.1) is 0 Å². The van der Waals surface area contributed by atoms with Crippen molar-refractivity contribution < 1.29 is 23.5 Å². The molecule has 0 atom stereocenters. The van der Waals surface area contributed by atoms with Gasteiger partial charge in [0.25, 0.3) is 5.91 Å². The Morgan fingerprint density at radius 3 is 2.36 bits per heavy atom. The van der Waals surface area contributed by atoms with Crippen LogP contribution in [0, 0.1) is 5.82 Å². The molecule has 2 rings (SSSR count). The maximum Gasteiger partial charge on any atom is 0.338 e. The van der Waals surface area contributed by atoms with Gasteiger partial charge in [0, 0.05) is 6.54 Å². The largest absolute Gasteiger partial charge is 0.494 e. The summed E-state index contributed by atoms with van der Waals surface area (Å²) in [7, 11) is 0. The third-order valence-corrected chi connectivity index (χ3v) is 3.30. The summed E-state index contributed by atoms with van der Waals surface area (Å²) >= 11 is 0. The number of hydrogen-bond acceptors (Lipinski definition) is 4. The molecule has 5 nitrogen and oxygen atoms in total. The van der Waals surface area contributed by atoms with Crippen LogP contribution in [-0.2, 0) is 16.1 Å². The lowest BCUT2D eigenvalue weighted by atomic mass is 10.2. The van der Waals surface area contributed by atoms with Crippen LogP contribution in [0.5, 0.6) is 5.75 Å². The molecule has 0 aromatic heterocycles. The number of esters is 1. The molecule has 0 fully saturated rings. The average molecular weight is 345 g/mol. The first-order chi connectivity index (χ1) is 12.1. The van der Waals surface area contributed by atoms with Gasteiger partial charge in [-0.1, -0.05) is 19.1 Å². The number of carbonyl (C=O) groups is 2. The fourth-order valence-corrected chi connectivity index (χ4v) is 1.98. The molecule has 0 spiro atoms. The van der Waals surface area contributed by atoms with Crippen LogP contribution < -0.4 is 10.1 Å². The lowest BCUT2D eigenvalue weighted by molar-refractivity contribution is -0.124. The molecule has 6 heteroatoms. The number of ether oxygens (including phenoxy) is 2. The quantitative estimate of drug-likeness (QED) is 0.747. The van der Waals surface area contributed by atoms with Crippen molar-refractivity contribution in [1.82, 2.24) is 5.32 Å². The zero-order valence-corrected chi connectivity index (χ0v) is 14.0. The summed E-state index contributed by atoms with van der Waals surface area (Å²) in [5, 5.41) is 2.60. The highest BCUT2D eigenvalue weighted by atomic mass is 19.1. The predicted molar refractivity (Wildman–Crippen MR) is 90.8 cm³/mol. The maximum atomic E-state index is 12.8. The topological polar surface area (TPSA) is 64.6 Å². The van der Waals surface area contributed by atoms with Crippen molar-refractivity contribution in [3.05, 3.63) is 65.5 Å². The van der Waals surface area contributed by atoms with E-state index in [-0.39, 0.29) is 19.0 Å². The van der Waals surface area contributed by atoms with Crippen molar-refractivity contribution in [2.24, 2.45) is 0 Å². The van der Waals surface area contributed by atoms with Gasteiger partial charge >= 0.3 is 5.97 Å². The highest BCUT2D eigenvalue weighted by Crippen LogP contribution is 2.13. The van der Waals surface area contributed by atoms with Gasteiger partial charge in [0.1, 0.15) is 11.6 Å². The van der Waals surface area contributed by atoms with Gasteiger partial charge in [-0.25, -0.2) is 9.18 Å². The lowest BCUT2D eigenvalue weighted by Crippen LogP contribution is -2.28. The normalized spacial score (nSPS) is 10.2. The minimum atomic E-state index is -0.584. The second-order valence-electron chi connectivity index (χ2n) is 5.35. The first-order valence-corrected chi connectivity index (χ1v) is 7.99. The average Bonchev–Trinajstić information content (AvgIpc) is 2.64. The monoisotopic (exact) mass is 345 g/mol. The van der Waals surface area contributed by atoms with E-state index in [4.69, 9.17) is 9.47 Å². The van der Waals surface area contributed by atoms with Crippen LogP contribution in [0.15, 0.2) is 48.5 Å². The Morgan fingerprint density at radius 1 is 1.04 bits per heavy atom. The molecule has 0 aliphatic rings. The highest BCUT2D eigenvalue weighted by molar-refractivity contribution is 5.91. The molecule has 0 heterocycles. The molecule has 1 amide bonds. The maximum absolute atomic E-state index is 12.8. The molecule has 0 saturated heterocycles. The van der Waals surface area contributed by atoms with Crippen LogP contribution in [0.4, 0.5) is 4.39 Å². The molecule has 0 bridgehead atoms. The minimum absolute atomic E-state index is 0.236. The van der Waals surface area contributed by atoms with Crippen LogP contribution in [0.1, 0.15) is 29.3 Å². The van der Waals surface area contributed by atoms with Crippen molar-refractivity contribution in [2.45, 2.75) is 19.9 Å². The summed E-state index contributed by atoms with van der Waals surface area (Å²) in [6.45, 7) is 2.47. The zero-order valence-electron chi connectivity index (χ0n) is 14.0. The van der Waals surface area contributed by atoms with E-state index in [0.29, 0.717) is 17.9 Å². The van der Waals surface area contributed by atoms with Gasteiger partial charge in [0.05, 0.1) is 12.2 Å². The van der Waals surface area contributed by atoms with Crippen LogP contribution in [0.3, 0.4) is 0 Å². The van der Waals surface area contributed by atoms with Crippen molar-refractivity contribution in [3.8, 4) is 5.75 Å². The summed E-state index contributed by atoms with van der Waals surface area (Å²) in [6, 6.07) is 12.3. The molecule has 0 radical (unpaired) electrons. The third kappa shape index (κ3) is 6.25. The van der Waals surface area contributed by atoms with Crippen molar-refractivity contribution >= 4 is 11.9 Å². The van der Waals surface area contributed by atoms with E-state index >= 15 is 0 Å². The first-order valence-electron chi connectivity index (χ1n) is 7.99. The van der Waals surface area contributed by atoms with Crippen LogP contribution in [0.25, 0.3) is 0 Å². The Balaban J connectivity index is 1.74. The molecular formula is C19H20FNO4. The van der Waals surface area contributed by atoms with Crippen molar-refractivity contribution in [1.29, 1.82) is 0 Å². The standard InChI is InChI=1S/C19H20FNO4/c1-2-11-24-17-9-5-15(6-10-17)19(23)25-13-18(22)21-12-14-3-7-16(20)8-4-14/h3-10H,2,11-13H2,1H3,(H,21,22). The highest BCUT2D eigenvalue weighted by Gasteiger charge is 2.10. The van der Waals surface area contributed by atoms with E-state index in [1.54, 1.807) is 36.4 Å². The van der Waals surface area contributed by atoms with E-state index in [9.17, 15) is 14.0 Å². The van der Waals surface area contributed by atoms with E-state index in [1.165, 1.54) is 12.1 Å². The number of benzene rings is 2. The minimum Gasteiger partial charge on any atom is -0.494 e. The molecule has 25 heavy (non-hydrogen) atoms. The zero-order chi connectivity index (χ0) is 18.1. The molecule has 0 saturated carbocycles. The van der Waals surface area contributed by atoms with Gasteiger partial charge in [0.2, 0.25) is 0 Å². The van der Waals surface area contributed by atoms with Gasteiger partial charge in [-0.3, -0.25) is 4.79 Å². The van der Waals surface area contributed by atoms with Crippen LogP contribution in [0.2, 0.25) is 0 Å².